The molecule has 0 saturated carbocycles. The minimum atomic E-state index is 0.0192. The standard InChI is InChI=1S/C30H25NO/c1-20-12-7-9-17-24(20)27(23-15-5-4-6-16-23)28-25-18-11-14-22(3)29(25)31(30(28)32)26-19-10-8-13-21(26)2/h4-19H,1-3H3/b28-27+. The fourth-order valence-corrected chi connectivity index (χ4v) is 4.66. The van der Waals surface area contributed by atoms with Crippen molar-refractivity contribution >= 4 is 28.4 Å². The monoisotopic (exact) mass is 415 g/mol. The Kier molecular flexibility index (Phi) is 4.99. The summed E-state index contributed by atoms with van der Waals surface area (Å²) in [6.07, 6.45) is 0. The first-order valence-corrected chi connectivity index (χ1v) is 10.9. The highest BCUT2D eigenvalue weighted by atomic mass is 16.2. The van der Waals surface area contributed by atoms with E-state index >= 15 is 0 Å². The van der Waals surface area contributed by atoms with Gasteiger partial charge in [0.15, 0.2) is 0 Å². The summed E-state index contributed by atoms with van der Waals surface area (Å²) in [4.78, 5) is 16.1. The van der Waals surface area contributed by atoms with Gasteiger partial charge in [-0.05, 0) is 54.7 Å². The first kappa shape index (κ1) is 20.0. The van der Waals surface area contributed by atoms with E-state index < -0.39 is 0 Å². The Labute approximate surface area is 189 Å². The van der Waals surface area contributed by atoms with Gasteiger partial charge >= 0.3 is 0 Å². The molecule has 0 saturated heterocycles. The van der Waals surface area contributed by atoms with Crippen LogP contribution in [0, 0.1) is 20.8 Å². The van der Waals surface area contributed by atoms with Crippen molar-refractivity contribution in [3.05, 3.63) is 130 Å². The number of amides is 1. The zero-order valence-corrected chi connectivity index (χ0v) is 18.6. The number of carbonyl (C=O) groups excluding carboxylic acids is 1. The van der Waals surface area contributed by atoms with Crippen molar-refractivity contribution in [2.24, 2.45) is 0 Å². The Hall–Kier alpha value is -3.91. The highest BCUT2D eigenvalue weighted by molar-refractivity contribution is 6.41. The second-order valence-corrected chi connectivity index (χ2v) is 8.33. The fraction of sp³-hybridized carbons (Fsp3) is 0.100. The van der Waals surface area contributed by atoms with Gasteiger partial charge < -0.3 is 0 Å². The topological polar surface area (TPSA) is 20.3 Å². The van der Waals surface area contributed by atoms with E-state index in [1.165, 1.54) is 0 Å². The molecule has 0 bridgehead atoms. The number of para-hydroxylation sites is 2. The molecule has 4 aromatic carbocycles. The third kappa shape index (κ3) is 3.16. The Morgan fingerprint density at radius 2 is 1.25 bits per heavy atom. The third-order valence-corrected chi connectivity index (χ3v) is 6.23. The maximum Gasteiger partial charge on any atom is 0.264 e. The number of anilines is 2. The van der Waals surface area contributed by atoms with Crippen molar-refractivity contribution in [3.63, 3.8) is 0 Å². The van der Waals surface area contributed by atoms with Gasteiger partial charge in [-0.15, -0.1) is 0 Å². The third-order valence-electron chi connectivity index (χ3n) is 6.23. The molecule has 1 aliphatic rings. The molecule has 32 heavy (non-hydrogen) atoms. The van der Waals surface area contributed by atoms with Gasteiger partial charge in [0.2, 0.25) is 0 Å². The van der Waals surface area contributed by atoms with Crippen LogP contribution in [0.15, 0.2) is 97.1 Å². The quantitative estimate of drug-likeness (QED) is 0.323. The molecule has 0 N–H and O–H groups in total. The van der Waals surface area contributed by atoms with E-state index in [9.17, 15) is 4.79 Å². The number of aryl methyl sites for hydroxylation is 3. The number of hydrogen-bond donors (Lipinski definition) is 0. The summed E-state index contributed by atoms with van der Waals surface area (Å²) in [6.45, 7) is 6.24. The van der Waals surface area contributed by atoms with Crippen molar-refractivity contribution in [2.45, 2.75) is 20.8 Å². The predicted molar refractivity (Wildman–Crippen MR) is 133 cm³/mol. The second kappa shape index (κ2) is 7.97. The number of benzene rings is 4. The summed E-state index contributed by atoms with van der Waals surface area (Å²) >= 11 is 0. The molecular formula is C30H25NO. The smallest absolute Gasteiger partial charge is 0.264 e. The summed E-state index contributed by atoms with van der Waals surface area (Å²) in [5.74, 6) is 0.0192. The van der Waals surface area contributed by atoms with E-state index in [1.807, 2.05) is 59.5 Å². The van der Waals surface area contributed by atoms with Crippen molar-refractivity contribution < 1.29 is 4.79 Å². The summed E-state index contributed by atoms with van der Waals surface area (Å²) in [7, 11) is 0. The molecule has 1 amide bonds. The van der Waals surface area contributed by atoms with E-state index in [1.54, 1.807) is 0 Å². The number of nitrogens with zero attached hydrogens (tertiary/aromatic N) is 1. The van der Waals surface area contributed by atoms with Crippen molar-refractivity contribution in [1.29, 1.82) is 0 Å². The van der Waals surface area contributed by atoms with Crippen molar-refractivity contribution in [1.82, 2.24) is 0 Å². The molecular weight excluding hydrogens is 390 g/mol. The van der Waals surface area contributed by atoms with E-state index in [4.69, 9.17) is 0 Å². The molecule has 0 aliphatic carbocycles. The van der Waals surface area contributed by atoms with Gasteiger partial charge in [0.1, 0.15) is 0 Å². The lowest BCUT2D eigenvalue weighted by Gasteiger charge is -2.21. The van der Waals surface area contributed by atoms with Crippen LogP contribution in [0.2, 0.25) is 0 Å². The Balaban J connectivity index is 1.89. The van der Waals surface area contributed by atoms with Crippen molar-refractivity contribution in [3.8, 4) is 0 Å². The number of hydrogen-bond acceptors (Lipinski definition) is 1. The van der Waals surface area contributed by atoms with Crippen LogP contribution in [0.1, 0.15) is 33.4 Å². The van der Waals surface area contributed by atoms with Gasteiger partial charge in [0, 0.05) is 11.1 Å². The molecule has 1 aliphatic heterocycles. The maximum absolute atomic E-state index is 14.2. The minimum Gasteiger partial charge on any atom is -0.276 e. The van der Waals surface area contributed by atoms with Gasteiger partial charge in [-0.1, -0.05) is 91.0 Å². The molecule has 0 unspecified atom stereocenters. The summed E-state index contributed by atoms with van der Waals surface area (Å²) in [5, 5.41) is 0. The second-order valence-electron chi connectivity index (χ2n) is 8.33. The lowest BCUT2D eigenvalue weighted by atomic mass is 9.87. The normalized spacial score (nSPS) is 14.5. The molecule has 2 heteroatoms. The lowest BCUT2D eigenvalue weighted by Crippen LogP contribution is -2.22. The van der Waals surface area contributed by atoms with Crippen molar-refractivity contribution in [2.75, 3.05) is 4.90 Å². The molecule has 0 spiro atoms. The van der Waals surface area contributed by atoms with Gasteiger partial charge in [-0.2, -0.15) is 0 Å². The van der Waals surface area contributed by atoms with Gasteiger partial charge in [-0.3, -0.25) is 9.69 Å². The molecule has 5 rings (SSSR count). The molecule has 2 nitrogen and oxygen atoms in total. The highest BCUT2D eigenvalue weighted by Gasteiger charge is 2.37. The first-order chi connectivity index (χ1) is 15.6. The van der Waals surface area contributed by atoms with Gasteiger partial charge in [0.25, 0.3) is 5.91 Å². The zero-order chi connectivity index (χ0) is 22.2. The molecule has 1 heterocycles. The fourth-order valence-electron chi connectivity index (χ4n) is 4.66. The number of carbonyl (C=O) groups is 1. The highest BCUT2D eigenvalue weighted by Crippen LogP contribution is 2.48. The van der Waals surface area contributed by atoms with E-state index in [2.05, 4.69) is 63.2 Å². The Morgan fingerprint density at radius 3 is 1.97 bits per heavy atom. The summed E-state index contributed by atoms with van der Waals surface area (Å²) < 4.78 is 0. The van der Waals surface area contributed by atoms with Crippen LogP contribution < -0.4 is 4.90 Å². The Bertz CT molecular complexity index is 1360. The molecule has 0 radical (unpaired) electrons. The van der Waals surface area contributed by atoms with Crippen LogP contribution in [0.5, 0.6) is 0 Å². The average Bonchev–Trinajstić information content (AvgIpc) is 3.10. The molecule has 0 atom stereocenters. The van der Waals surface area contributed by atoms with Crippen LogP contribution in [0.3, 0.4) is 0 Å². The van der Waals surface area contributed by atoms with Crippen LogP contribution in [0.25, 0.3) is 11.1 Å². The lowest BCUT2D eigenvalue weighted by molar-refractivity contribution is -0.112. The maximum atomic E-state index is 14.2. The largest absolute Gasteiger partial charge is 0.276 e. The van der Waals surface area contributed by atoms with Gasteiger partial charge in [-0.25, -0.2) is 0 Å². The molecule has 0 fully saturated rings. The van der Waals surface area contributed by atoms with Crippen LogP contribution in [-0.2, 0) is 4.79 Å². The van der Waals surface area contributed by atoms with Crippen LogP contribution in [-0.4, -0.2) is 5.91 Å². The van der Waals surface area contributed by atoms with Crippen LogP contribution >= 0.6 is 0 Å². The minimum absolute atomic E-state index is 0.0192. The first-order valence-electron chi connectivity index (χ1n) is 10.9. The van der Waals surface area contributed by atoms with Crippen LogP contribution in [0.4, 0.5) is 11.4 Å². The number of fused-ring (bicyclic) bond motifs is 1. The average molecular weight is 416 g/mol. The number of rotatable bonds is 3. The SMILES string of the molecule is Cc1ccccc1/C(=C1/C(=O)N(c2ccccc2C)c2c(C)cccc21)c1ccccc1. The molecule has 156 valence electrons. The summed E-state index contributed by atoms with van der Waals surface area (Å²) in [5.41, 5.74) is 10.1. The van der Waals surface area contributed by atoms with E-state index in [0.29, 0.717) is 0 Å². The van der Waals surface area contributed by atoms with Gasteiger partial charge in [0.05, 0.1) is 16.9 Å². The van der Waals surface area contributed by atoms with E-state index in [0.717, 1.165) is 55.9 Å². The molecule has 4 aromatic rings. The molecule has 0 aromatic heterocycles. The zero-order valence-electron chi connectivity index (χ0n) is 18.6. The predicted octanol–water partition coefficient (Wildman–Crippen LogP) is 7.25. The van der Waals surface area contributed by atoms with E-state index in [-0.39, 0.29) is 5.91 Å². The Morgan fingerprint density at radius 1 is 0.625 bits per heavy atom. The summed E-state index contributed by atoms with van der Waals surface area (Å²) in [6, 6.07) is 32.9.